The van der Waals surface area contributed by atoms with E-state index in [9.17, 15) is 0 Å². The van der Waals surface area contributed by atoms with Crippen LogP contribution < -0.4 is 5.32 Å². The standard InChI is InChI=1S/C18H27N3/c1-3-19-15(14-12-13-14)9-7-11-18-20-16-8-5-6-10-17(16)21(18)4-2/h5-6,8,10,14-15,19H,3-4,7,9,11-13H2,1-2H3. The van der Waals surface area contributed by atoms with E-state index in [1.807, 2.05) is 0 Å². The highest BCUT2D eigenvalue weighted by Gasteiger charge is 2.29. The average Bonchev–Trinajstić information content (AvgIpc) is 3.28. The van der Waals surface area contributed by atoms with Gasteiger partial charge in [-0.05, 0) is 57.2 Å². The number of benzene rings is 1. The molecule has 0 saturated heterocycles. The van der Waals surface area contributed by atoms with Gasteiger partial charge in [0.15, 0.2) is 0 Å². The molecule has 1 atom stereocenters. The van der Waals surface area contributed by atoms with Crippen LogP contribution in [0.5, 0.6) is 0 Å². The molecule has 3 nitrogen and oxygen atoms in total. The number of nitrogens with one attached hydrogen (secondary N) is 1. The van der Waals surface area contributed by atoms with Gasteiger partial charge in [-0.25, -0.2) is 4.98 Å². The van der Waals surface area contributed by atoms with E-state index in [4.69, 9.17) is 4.98 Å². The number of hydrogen-bond acceptors (Lipinski definition) is 2. The quantitative estimate of drug-likeness (QED) is 0.800. The lowest BCUT2D eigenvalue weighted by molar-refractivity contribution is 0.431. The number of hydrogen-bond donors (Lipinski definition) is 1. The molecule has 1 heterocycles. The topological polar surface area (TPSA) is 29.9 Å². The van der Waals surface area contributed by atoms with Crippen LogP contribution in [0.2, 0.25) is 0 Å². The minimum Gasteiger partial charge on any atom is -0.328 e. The minimum atomic E-state index is 0.731. The largest absolute Gasteiger partial charge is 0.328 e. The van der Waals surface area contributed by atoms with Gasteiger partial charge in [0, 0.05) is 19.0 Å². The molecule has 0 spiro atoms. The smallest absolute Gasteiger partial charge is 0.109 e. The average molecular weight is 285 g/mol. The van der Waals surface area contributed by atoms with Crippen molar-refractivity contribution in [2.24, 2.45) is 5.92 Å². The number of fused-ring (bicyclic) bond motifs is 1. The predicted octanol–water partition coefficient (Wildman–Crippen LogP) is 3.77. The fraction of sp³-hybridized carbons (Fsp3) is 0.611. The third-order valence-corrected chi connectivity index (χ3v) is 4.62. The summed E-state index contributed by atoms with van der Waals surface area (Å²) in [5.41, 5.74) is 2.42. The summed E-state index contributed by atoms with van der Waals surface area (Å²) in [6, 6.07) is 9.22. The fourth-order valence-corrected chi connectivity index (χ4v) is 3.41. The third-order valence-electron chi connectivity index (χ3n) is 4.62. The summed E-state index contributed by atoms with van der Waals surface area (Å²) in [5.74, 6) is 2.19. The maximum absolute atomic E-state index is 4.83. The van der Waals surface area contributed by atoms with Crippen LogP contribution in [-0.4, -0.2) is 22.1 Å². The van der Waals surface area contributed by atoms with Crippen LogP contribution >= 0.6 is 0 Å². The molecule has 1 aliphatic rings. The molecule has 0 radical (unpaired) electrons. The highest BCUT2D eigenvalue weighted by atomic mass is 15.1. The first kappa shape index (κ1) is 14.6. The summed E-state index contributed by atoms with van der Waals surface area (Å²) in [5, 5.41) is 3.66. The molecular weight excluding hydrogens is 258 g/mol. The first-order valence-electron chi connectivity index (χ1n) is 8.51. The van der Waals surface area contributed by atoms with Crippen LogP contribution in [0.3, 0.4) is 0 Å². The Morgan fingerprint density at radius 3 is 2.81 bits per heavy atom. The maximum Gasteiger partial charge on any atom is 0.109 e. The van der Waals surface area contributed by atoms with Gasteiger partial charge in [-0.3, -0.25) is 0 Å². The van der Waals surface area contributed by atoms with Crippen LogP contribution in [-0.2, 0) is 13.0 Å². The van der Waals surface area contributed by atoms with Crippen molar-refractivity contribution in [3.05, 3.63) is 30.1 Å². The number of aryl methyl sites for hydroxylation is 2. The second-order valence-corrected chi connectivity index (χ2v) is 6.15. The third kappa shape index (κ3) is 3.29. The van der Waals surface area contributed by atoms with Gasteiger partial charge < -0.3 is 9.88 Å². The molecule has 21 heavy (non-hydrogen) atoms. The Bertz CT molecular complexity index is 583. The number of aromatic nitrogens is 2. The Labute approximate surface area is 127 Å². The SMILES string of the molecule is CCNC(CCCc1nc2ccccc2n1CC)C1CC1. The molecule has 0 aliphatic heterocycles. The first-order chi connectivity index (χ1) is 10.3. The lowest BCUT2D eigenvalue weighted by Gasteiger charge is -2.17. The van der Waals surface area contributed by atoms with Crippen molar-refractivity contribution in [2.75, 3.05) is 6.54 Å². The van der Waals surface area contributed by atoms with Crippen molar-refractivity contribution in [3.8, 4) is 0 Å². The van der Waals surface area contributed by atoms with Gasteiger partial charge in [0.25, 0.3) is 0 Å². The maximum atomic E-state index is 4.83. The van der Waals surface area contributed by atoms with E-state index in [2.05, 4.69) is 48.0 Å². The van der Waals surface area contributed by atoms with Crippen molar-refractivity contribution in [2.45, 2.75) is 58.5 Å². The van der Waals surface area contributed by atoms with Crippen molar-refractivity contribution in [1.29, 1.82) is 0 Å². The van der Waals surface area contributed by atoms with Gasteiger partial charge >= 0.3 is 0 Å². The first-order valence-corrected chi connectivity index (χ1v) is 8.51. The van der Waals surface area contributed by atoms with E-state index in [0.29, 0.717) is 0 Å². The second kappa shape index (κ2) is 6.61. The van der Waals surface area contributed by atoms with E-state index in [1.165, 1.54) is 37.0 Å². The molecule has 1 aliphatic carbocycles. The van der Waals surface area contributed by atoms with Gasteiger partial charge in [-0.15, -0.1) is 0 Å². The van der Waals surface area contributed by atoms with Crippen molar-refractivity contribution < 1.29 is 0 Å². The van der Waals surface area contributed by atoms with Gasteiger partial charge in [-0.1, -0.05) is 19.1 Å². The van der Waals surface area contributed by atoms with Crippen molar-refractivity contribution >= 4 is 11.0 Å². The summed E-state index contributed by atoms with van der Waals surface area (Å²) in [6.45, 7) is 6.53. The van der Waals surface area contributed by atoms with Crippen LogP contribution in [0.4, 0.5) is 0 Å². The summed E-state index contributed by atoms with van der Waals surface area (Å²) in [7, 11) is 0. The van der Waals surface area contributed by atoms with Gasteiger partial charge in [0.05, 0.1) is 11.0 Å². The molecule has 1 aromatic carbocycles. The van der Waals surface area contributed by atoms with Crippen molar-refractivity contribution in [1.82, 2.24) is 14.9 Å². The summed E-state index contributed by atoms with van der Waals surface area (Å²) in [6.07, 6.45) is 6.45. The molecule has 1 saturated carbocycles. The van der Waals surface area contributed by atoms with E-state index in [1.54, 1.807) is 0 Å². The molecule has 2 aromatic rings. The van der Waals surface area contributed by atoms with Crippen LogP contribution in [0, 0.1) is 5.92 Å². The molecule has 0 bridgehead atoms. The summed E-state index contributed by atoms with van der Waals surface area (Å²) < 4.78 is 2.37. The normalized spacial score (nSPS) is 16.5. The Morgan fingerprint density at radius 1 is 1.29 bits per heavy atom. The lowest BCUT2D eigenvalue weighted by atomic mass is 10.0. The lowest BCUT2D eigenvalue weighted by Crippen LogP contribution is -2.30. The Balaban J connectivity index is 1.64. The second-order valence-electron chi connectivity index (χ2n) is 6.15. The number of nitrogens with zero attached hydrogens (tertiary/aromatic N) is 2. The Morgan fingerprint density at radius 2 is 2.10 bits per heavy atom. The van der Waals surface area contributed by atoms with E-state index in [-0.39, 0.29) is 0 Å². The number of imidazole rings is 1. The molecule has 1 fully saturated rings. The molecule has 1 N–H and O–H groups in total. The zero-order valence-electron chi connectivity index (χ0n) is 13.3. The van der Waals surface area contributed by atoms with E-state index >= 15 is 0 Å². The Hall–Kier alpha value is -1.35. The van der Waals surface area contributed by atoms with E-state index < -0.39 is 0 Å². The minimum absolute atomic E-state index is 0.731. The molecule has 114 valence electrons. The van der Waals surface area contributed by atoms with Gasteiger partial charge in [-0.2, -0.15) is 0 Å². The van der Waals surface area contributed by atoms with Crippen LogP contribution in [0.25, 0.3) is 11.0 Å². The predicted molar refractivity (Wildman–Crippen MR) is 88.5 cm³/mol. The molecule has 1 aromatic heterocycles. The number of para-hydroxylation sites is 2. The van der Waals surface area contributed by atoms with E-state index in [0.717, 1.165) is 37.0 Å². The number of rotatable bonds is 8. The highest BCUT2D eigenvalue weighted by molar-refractivity contribution is 5.75. The zero-order chi connectivity index (χ0) is 14.7. The van der Waals surface area contributed by atoms with Crippen LogP contribution in [0.1, 0.15) is 45.4 Å². The zero-order valence-corrected chi connectivity index (χ0v) is 13.3. The molecule has 3 heteroatoms. The monoisotopic (exact) mass is 285 g/mol. The summed E-state index contributed by atoms with van der Waals surface area (Å²) in [4.78, 5) is 4.83. The molecule has 3 rings (SSSR count). The summed E-state index contributed by atoms with van der Waals surface area (Å²) >= 11 is 0. The molecule has 0 amide bonds. The molecule has 1 unspecified atom stereocenters. The fourth-order valence-electron chi connectivity index (χ4n) is 3.41. The van der Waals surface area contributed by atoms with Crippen molar-refractivity contribution in [3.63, 3.8) is 0 Å². The van der Waals surface area contributed by atoms with Gasteiger partial charge in [0.1, 0.15) is 5.82 Å². The highest BCUT2D eigenvalue weighted by Crippen LogP contribution is 2.34. The molecular formula is C18H27N3. The Kier molecular flexibility index (Phi) is 4.59. The van der Waals surface area contributed by atoms with Crippen LogP contribution in [0.15, 0.2) is 24.3 Å². The van der Waals surface area contributed by atoms with Gasteiger partial charge in [0.2, 0.25) is 0 Å².